The standard InChI is InChI=1S/C18H21N3OS/c1-3-19-18(22)21(4-2)17-13-9-7-11-20-15(13)12-23-16-10-6-5-8-14(16)17/h5-11,17H,3-4,12H2,1-2H3,(H,19,22). The van der Waals surface area contributed by atoms with Gasteiger partial charge in [0.1, 0.15) is 0 Å². The zero-order valence-corrected chi connectivity index (χ0v) is 14.3. The first-order valence-electron chi connectivity index (χ1n) is 7.96. The highest BCUT2D eigenvalue weighted by Crippen LogP contribution is 2.41. The molecule has 2 heterocycles. The van der Waals surface area contributed by atoms with Crippen molar-refractivity contribution in [1.29, 1.82) is 0 Å². The van der Waals surface area contributed by atoms with Crippen LogP contribution in [-0.2, 0) is 5.75 Å². The van der Waals surface area contributed by atoms with Crippen molar-refractivity contribution in [2.45, 2.75) is 30.5 Å². The van der Waals surface area contributed by atoms with Crippen LogP contribution in [0.3, 0.4) is 0 Å². The molecule has 5 heteroatoms. The number of nitrogens with one attached hydrogen (secondary N) is 1. The number of amides is 2. The summed E-state index contributed by atoms with van der Waals surface area (Å²) in [5, 5.41) is 2.94. The van der Waals surface area contributed by atoms with Crippen molar-refractivity contribution in [1.82, 2.24) is 15.2 Å². The summed E-state index contributed by atoms with van der Waals surface area (Å²) in [5.74, 6) is 0.830. The first-order chi connectivity index (χ1) is 11.3. The SMILES string of the molecule is CCNC(=O)N(CC)C1c2ccccc2SCc2ncccc21. The molecule has 2 amide bonds. The van der Waals surface area contributed by atoms with Gasteiger partial charge in [0, 0.05) is 35.5 Å². The van der Waals surface area contributed by atoms with E-state index >= 15 is 0 Å². The number of hydrogen-bond donors (Lipinski definition) is 1. The molecule has 0 fully saturated rings. The molecular weight excluding hydrogens is 306 g/mol. The molecule has 2 aromatic rings. The first kappa shape index (κ1) is 15.9. The van der Waals surface area contributed by atoms with E-state index in [2.05, 4.69) is 34.6 Å². The lowest BCUT2D eigenvalue weighted by atomic mass is 9.96. The van der Waals surface area contributed by atoms with Crippen molar-refractivity contribution in [3.05, 3.63) is 59.4 Å². The summed E-state index contributed by atoms with van der Waals surface area (Å²) < 4.78 is 0. The van der Waals surface area contributed by atoms with Gasteiger partial charge in [-0.1, -0.05) is 24.3 Å². The first-order valence-corrected chi connectivity index (χ1v) is 8.94. The third kappa shape index (κ3) is 3.06. The van der Waals surface area contributed by atoms with Crippen LogP contribution in [0.5, 0.6) is 0 Å². The maximum absolute atomic E-state index is 12.6. The van der Waals surface area contributed by atoms with Crippen LogP contribution in [0.4, 0.5) is 4.79 Å². The van der Waals surface area contributed by atoms with Gasteiger partial charge in [-0.05, 0) is 31.5 Å². The zero-order valence-electron chi connectivity index (χ0n) is 13.5. The van der Waals surface area contributed by atoms with Crippen LogP contribution in [0.1, 0.15) is 36.7 Å². The molecule has 23 heavy (non-hydrogen) atoms. The average Bonchev–Trinajstić information content (AvgIpc) is 2.74. The third-order valence-corrected chi connectivity index (χ3v) is 5.14. The van der Waals surface area contributed by atoms with E-state index in [9.17, 15) is 4.79 Å². The van der Waals surface area contributed by atoms with Gasteiger partial charge in [-0.25, -0.2) is 4.79 Å². The molecule has 120 valence electrons. The van der Waals surface area contributed by atoms with Crippen molar-refractivity contribution >= 4 is 17.8 Å². The average molecular weight is 327 g/mol. The van der Waals surface area contributed by atoms with E-state index in [1.165, 1.54) is 10.5 Å². The second-order valence-electron chi connectivity index (χ2n) is 5.39. The normalized spacial score (nSPS) is 16.0. The second kappa shape index (κ2) is 7.04. The molecule has 1 atom stereocenters. The van der Waals surface area contributed by atoms with E-state index in [1.54, 1.807) is 11.8 Å². The summed E-state index contributed by atoms with van der Waals surface area (Å²) in [6, 6.07) is 12.3. The Morgan fingerprint density at radius 3 is 2.83 bits per heavy atom. The number of aromatic nitrogens is 1. The lowest BCUT2D eigenvalue weighted by Gasteiger charge is -2.32. The second-order valence-corrected chi connectivity index (χ2v) is 6.41. The van der Waals surface area contributed by atoms with Crippen LogP contribution in [0, 0.1) is 0 Å². The van der Waals surface area contributed by atoms with E-state index in [4.69, 9.17) is 0 Å². The number of fused-ring (bicyclic) bond motifs is 2. The molecule has 0 saturated heterocycles. The lowest BCUT2D eigenvalue weighted by Crippen LogP contribution is -2.42. The molecular formula is C18H21N3OS. The summed E-state index contributed by atoms with van der Waals surface area (Å²) in [4.78, 5) is 20.3. The maximum Gasteiger partial charge on any atom is 0.318 e. The molecule has 1 aliphatic heterocycles. The van der Waals surface area contributed by atoms with Crippen LogP contribution >= 0.6 is 11.8 Å². The van der Waals surface area contributed by atoms with Gasteiger partial charge in [-0.2, -0.15) is 0 Å². The Kier molecular flexibility index (Phi) is 4.86. The van der Waals surface area contributed by atoms with E-state index < -0.39 is 0 Å². The van der Waals surface area contributed by atoms with Gasteiger partial charge in [0.15, 0.2) is 0 Å². The van der Waals surface area contributed by atoms with E-state index in [0.29, 0.717) is 13.1 Å². The fourth-order valence-electron chi connectivity index (χ4n) is 3.00. The molecule has 0 radical (unpaired) electrons. The molecule has 4 nitrogen and oxygen atoms in total. The van der Waals surface area contributed by atoms with Gasteiger partial charge in [-0.3, -0.25) is 4.98 Å². The fraction of sp³-hybridized carbons (Fsp3) is 0.333. The molecule has 1 aliphatic rings. The quantitative estimate of drug-likeness (QED) is 0.932. The lowest BCUT2D eigenvalue weighted by molar-refractivity contribution is 0.187. The minimum atomic E-state index is -0.0959. The minimum absolute atomic E-state index is 0.0310. The molecule has 0 saturated carbocycles. The Morgan fingerprint density at radius 1 is 1.26 bits per heavy atom. The topological polar surface area (TPSA) is 45.2 Å². The van der Waals surface area contributed by atoms with Gasteiger partial charge in [0.25, 0.3) is 0 Å². The number of nitrogens with zero attached hydrogens (tertiary/aromatic N) is 2. The predicted octanol–water partition coefficient (Wildman–Crippen LogP) is 3.83. The summed E-state index contributed by atoms with van der Waals surface area (Å²) in [6.45, 7) is 5.23. The minimum Gasteiger partial charge on any atom is -0.338 e. The van der Waals surface area contributed by atoms with Crippen LogP contribution in [0.2, 0.25) is 0 Å². The van der Waals surface area contributed by atoms with Crippen molar-refractivity contribution in [3.8, 4) is 0 Å². The van der Waals surface area contributed by atoms with Crippen LogP contribution in [-0.4, -0.2) is 29.0 Å². The van der Waals surface area contributed by atoms with Crippen LogP contribution in [0.25, 0.3) is 0 Å². The maximum atomic E-state index is 12.6. The number of rotatable bonds is 3. The molecule has 0 bridgehead atoms. The van der Waals surface area contributed by atoms with Crippen molar-refractivity contribution in [3.63, 3.8) is 0 Å². The molecule has 1 N–H and O–H groups in total. The van der Waals surface area contributed by atoms with Crippen molar-refractivity contribution in [2.24, 2.45) is 0 Å². The van der Waals surface area contributed by atoms with Crippen LogP contribution < -0.4 is 5.32 Å². The highest BCUT2D eigenvalue weighted by Gasteiger charge is 2.31. The highest BCUT2D eigenvalue weighted by atomic mass is 32.2. The number of carbonyl (C=O) groups is 1. The predicted molar refractivity (Wildman–Crippen MR) is 93.5 cm³/mol. The highest BCUT2D eigenvalue weighted by molar-refractivity contribution is 7.98. The smallest absolute Gasteiger partial charge is 0.318 e. The van der Waals surface area contributed by atoms with Gasteiger partial charge in [0.2, 0.25) is 0 Å². The van der Waals surface area contributed by atoms with Crippen LogP contribution in [0.15, 0.2) is 47.5 Å². The Labute approximate surface area is 141 Å². The van der Waals surface area contributed by atoms with Crippen molar-refractivity contribution in [2.75, 3.05) is 13.1 Å². The fourth-order valence-corrected chi connectivity index (χ4v) is 4.06. The molecule has 3 rings (SSSR count). The summed E-state index contributed by atoms with van der Waals surface area (Å²) >= 11 is 1.79. The van der Waals surface area contributed by atoms with Gasteiger partial charge >= 0.3 is 6.03 Å². The Balaban J connectivity index is 2.14. The van der Waals surface area contributed by atoms with Gasteiger partial charge in [0.05, 0.1) is 11.7 Å². The van der Waals surface area contributed by atoms with E-state index in [0.717, 1.165) is 17.0 Å². The molecule has 1 aromatic carbocycles. The molecule has 1 aromatic heterocycles. The van der Waals surface area contributed by atoms with Crippen molar-refractivity contribution < 1.29 is 4.79 Å². The monoisotopic (exact) mass is 327 g/mol. The number of urea groups is 1. The Morgan fingerprint density at radius 2 is 2.04 bits per heavy atom. The number of pyridine rings is 1. The Hall–Kier alpha value is -2.01. The summed E-state index contributed by atoms with van der Waals surface area (Å²) in [6.07, 6.45) is 1.83. The number of carbonyl (C=O) groups excluding carboxylic acids is 1. The van der Waals surface area contributed by atoms with E-state index in [1.807, 2.05) is 37.1 Å². The largest absolute Gasteiger partial charge is 0.338 e. The summed E-state index contributed by atoms with van der Waals surface area (Å²) in [5.41, 5.74) is 3.36. The van der Waals surface area contributed by atoms with E-state index in [-0.39, 0.29) is 12.1 Å². The third-order valence-electron chi connectivity index (χ3n) is 4.04. The van der Waals surface area contributed by atoms with Gasteiger partial charge in [-0.15, -0.1) is 11.8 Å². The number of thioether (sulfide) groups is 1. The molecule has 1 unspecified atom stereocenters. The Bertz CT molecular complexity index is 657. The number of benzene rings is 1. The molecule has 0 spiro atoms. The molecule has 0 aliphatic carbocycles. The van der Waals surface area contributed by atoms with Gasteiger partial charge < -0.3 is 10.2 Å². The summed E-state index contributed by atoms with van der Waals surface area (Å²) in [7, 11) is 0. The number of hydrogen-bond acceptors (Lipinski definition) is 3. The zero-order chi connectivity index (χ0) is 16.2.